The fourth-order valence-electron chi connectivity index (χ4n) is 3.81. The summed E-state index contributed by atoms with van der Waals surface area (Å²) in [6.07, 6.45) is 1.89. The van der Waals surface area contributed by atoms with E-state index in [1.807, 2.05) is 13.0 Å². The molecule has 2 nitrogen and oxygen atoms in total. The summed E-state index contributed by atoms with van der Waals surface area (Å²) in [4.78, 5) is 0. The van der Waals surface area contributed by atoms with Crippen molar-refractivity contribution < 1.29 is 9.84 Å². The molecule has 2 atom stereocenters. The first kappa shape index (κ1) is 14.4. The van der Waals surface area contributed by atoms with Crippen LogP contribution in [0.25, 0.3) is 0 Å². The van der Waals surface area contributed by atoms with Gasteiger partial charge in [0.2, 0.25) is 0 Å². The van der Waals surface area contributed by atoms with E-state index in [-0.39, 0.29) is 11.3 Å². The quantitative estimate of drug-likeness (QED) is 0.874. The van der Waals surface area contributed by atoms with Crippen LogP contribution in [0.4, 0.5) is 0 Å². The molecule has 1 fully saturated rings. The van der Waals surface area contributed by atoms with Crippen molar-refractivity contribution in [1.82, 2.24) is 0 Å². The zero-order chi connectivity index (χ0) is 14.4. The van der Waals surface area contributed by atoms with Gasteiger partial charge in [0.05, 0.1) is 12.7 Å². The maximum Gasteiger partial charge on any atom is 0.122 e. The van der Waals surface area contributed by atoms with Gasteiger partial charge in [-0.3, -0.25) is 0 Å². The third kappa shape index (κ3) is 2.38. The minimum atomic E-state index is -0.704. The van der Waals surface area contributed by atoms with E-state index in [1.165, 1.54) is 0 Å². The molecule has 19 heavy (non-hydrogen) atoms. The van der Waals surface area contributed by atoms with Crippen molar-refractivity contribution in [3.63, 3.8) is 0 Å². The second-order valence-electron chi connectivity index (χ2n) is 7.01. The summed E-state index contributed by atoms with van der Waals surface area (Å²) in [6.45, 7) is 10.7. The zero-order valence-electron chi connectivity index (χ0n) is 13.0. The number of methoxy groups -OCH3 is 1. The van der Waals surface area contributed by atoms with Gasteiger partial charge in [-0.1, -0.05) is 20.8 Å². The molecule has 0 bridgehead atoms. The van der Waals surface area contributed by atoms with E-state index in [4.69, 9.17) is 4.74 Å². The lowest BCUT2D eigenvalue weighted by molar-refractivity contribution is -0.00150. The van der Waals surface area contributed by atoms with Crippen LogP contribution in [0.5, 0.6) is 5.75 Å². The number of aryl methyl sites for hydroxylation is 2. The van der Waals surface area contributed by atoms with Gasteiger partial charge in [-0.15, -0.1) is 0 Å². The molecular weight excluding hydrogens is 236 g/mol. The molecule has 2 heteroatoms. The van der Waals surface area contributed by atoms with Crippen LogP contribution in [0.2, 0.25) is 0 Å². The van der Waals surface area contributed by atoms with E-state index in [1.54, 1.807) is 7.11 Å². The highest BCUT2D eigenvalue weighted by atomic mass is 16.5. The molecule has 0 aromatic heterocycles. The molecule has 0 aliphatic heterocycles. The molecule has 0 radical (unpaired) electrons. The fourth-order valence-corrected chi connectivity index (χ4v) is 3.81. The zero-order valence-corrected chi connectivity index (χ0v) is 13.0. The molecule has 2 unspecified atom stereocenters. The predicted octanol–water partition coefficient (Wildman–Crippen LogP) is 3.96. The van der Waals surface area contributed by atoms with E-state index in [9.17, 15) is 5.11 Å². The maximum atomic E-state index is 11.2. The number of aliphatic hydroxyl groups is 1. The Kier molecular flexibility index (Phi) is 3.42. The van der Waals surface area contributed by atoms with Crippen LogP contribution in [0.15, 0.2) is 12.1 Å². The van der Waals surface area contributed by atoms with Crippen LogP contribution >= 0.6 is 0 Å². The molecule has 0 spiro atoms. The first-order chi connectivity index (χ1) is 8.69. The smallest absolute Gasteiger partial charge is 0.122 e. The molecule has 2 rings (SSSR count). The SMILES string of the molecule is COc1cc(C)c(C2(O)CC(C)(C)CC2C)cc1C. The van der Waals surface area contributed by atoms with Crippen LogP contribution in [-0.2, 0) is 5.60 Å². The Bertz CT molecular complexity index is 490. The maximum absolute atomic E-state index is 11.2. The van der Waals surface area contributed by atoms with Crippen molar-refractivity contribution in [2.45, 2.75) is 53.1 Å². The van der Waals surface area contributed by atoms with Crippen LogP contribution in [0.3, 0.4) is 0 Å². The van der Waals surface area contributed by atoms with Crippen LogP contribution < -0.4 is 4.74 Å². The fraction of sp³-hybridized carbons (Fsp3) is 0.647. The first-order valence-corrected chi connectivity index (χ1v) is 7.08. The summed E-state index contributed by atoms with van der Waals surface area (Å²) >= 11 is 0. The lowest BCUT2D eigenvalue weighted by atomic mass is 9.81. The highest BCUT2D eigenvalue weighted by Gasteiger charge is 2.49. The van der Waals surface area contributed by atoms with Crippen molar-refractivity contribution in [3.8, 4) is 5.75 Å². The van der Waals surface area contributed by atoms with Crippen molar-refractivity contribution in [3.05, 3.63) is 28.8 Å². The van der Waals surface area contributed by atoms with Gasteiger partial charge in [0.1, 0.15) is 5.75 Å². The highest BCUT2D eigenvalue weighted by Crippen LogP contribution is 2.53. The van der Waals surface area contributed by atoms with Crippen LogP contribution in [0.1, 0.15) is 50.3 Å². The molecular formula is C17H26O2. The lowest BCUT2D eigenvalue weighted by Gasteiger charge is -2.31. The topological polar surface area (TPSA) is 29.5 Å². The lowest BCUT2D eigenvalue weighted by Crippen LogP contribution is -2.30. The molecule has 1 saturated carbocycles. The average molecular weight is 262 g/mol. The molecule has 1 aromatic carbocycles. The van der Waals surface area contributed by atoms with Crippen LogP contribution in [0, 0.1) is 25.2 Å². The summed E-state index contributed by atoms with van der Waals surface area (Å²) in [5.74, 6) is 1.18. The Morgan fingerprint density at radius 3 is 2.32 bits per heavy atom. The Hall–Kier alpha value is -1.02. The van der Waals surface area contributed by atoms with Crippen molar-refractivity contribution in [1.29, 1.82) is 0 Å². The van der Waals surface area contributed by atoms with E-state index in [0.29, 0.717) is 0 Å². The second kappa shape index (κ2) is 4.52. The largest absolute Gasteiger partial charge is 0.496 e. The van der Waals surface area contributed by atoms with E-state index in [2.05, 4.69) is 33.8 Å². The normalized spacial score (nSPS) is 29.5. The number of benzene rings is 1. The molecule has 106 valence electrons. The summed E-state index contributed by atoms with van der Waals surface area (Å²) in [7, 11) is 1.69. The summed E-state index contributed by atoms with van der Waals surface area (Å²) in [5.41, 5.74) is 2.78. The summed E-state index contributed by atoms with van der Waals surface area (Å²) < 4.78 is 5.36. The van der Waals surface area contributed by atoms with Gasteiger partial charge < -0.3 is 9.84 Å². The molecule has 0 saturated heterocycles. The molecule has 1 N–H and O–H groups in total. The van der Waals surface area contributed by atoms with Crippen LogP contribution in [-0.4, -0.2) is 12.2 Å². The average Bonchev–Trinajstić information content (AvgIpc) is 2.51. The Morgan fingerprint density at radius 2 is 1.84 bits per heavy atom. The molecule has 1 aliphatic carbocycles. The van der Waals surface area contributed by atoms with Gasteiger partial charge in [0.15, 0.2) is 0 Å². The van der Waals surface area contributed by atoms with E-state index < -0.39 is 5.60 Å². The third-order valence-electron chi connectivity index (χ3n) is 4.63. The number of rotatable bonds is 2. The molecule has 1 aromatic rings. The van der Waals surface area contributed by atoms with Gasteiger partial charge in [0, 0.05) is 0 Å². The Labute approximate surface area is 116 Å². The summed E-state index contributed by atoms with van der Waals surface area (Å²) in [5, 5.41) is 11.2. The second-order valence-corrected chi connectivity index (χ2v) is 7.01. The van der Waals surface area contributed by atoms with Crippen molar-refractivity contribution >= 4 is 0 Å². The monoisotopic (exact) mass is 262 g/mol. The van der Waals surface area contributed by atoms with Gasteiger partial charge >= 0.3 is 0 Å². The van der Waals surface area contributed by atoms with Gasteiger partial charge in [-0.25, -0.2) is 0 Å². The number of ether oxygens (including phenoxy) is 1. The van der Waals surface area contributed by atoms with Gasteiger partial charge in [-0.2, -0.15) is 0 Å². The number of hydrogen-bond acceptors (Lipinski definition) is 2. The highest BCUT2D eigenvalue weighted by molar-refractivity contribution is 5.44. The van der Waals surface area contributed by atoms with E-state index in [0.717, 1.165) is 35.3 Å². The standard InChI is InChI=1S/C17H26O2/c1-11-8-15(19-6)12(2)7-14(11)17(18)10-16(4,5)9-13(17)3/h7-8,13,18H,9-10H2,1-6H3. The van der Waals surface area contributed by atoms with Crippen molar-refractivity contribution in [2.75, 3.05) is 7.11 Å². The predicted molar refractivity (Wildman–Crippen MR) is 78.5 cm³/mol. The van der Waals surface area contributed by atoms with Gasteiger partial charge in [-0.05, 0) is 66.8 Å². The minimum Gasteiger partial charge on any atom is -0.496 e. The first-order valence-electron chi connectivity index (χ1n) is 7.08. The molecule has 0 heterocycles. The molecule has 0 amide bonds. The van der Waals surface area contributed by atoms with Gasteiger partial charge in [0.25, 0.3) is 0 Å². The minimum absolute atomic E-state index is 0.203. The Balaban J connectivity index is 2.50. The number of hydrogen-bond donors (Lipinski definition) is 1. The molecule has 1 aliphatic rings. The summed E-state index contributed by atoms with van der Waals surface area (Å²) in [6, 6.07) is 4.15. The van der Waals surface area contributed by atoms with Crippen molar-refractivity contribution in [2.24, 2.45) is 11.3 Å². The Morgan fingerprint density at radius 1 is 1.21 bits per heavy atom. The van der Waals surface area contributed by atoms with E-state index >= 15 is 0 Å². The third-order valence-corrected chi connectivity index (χ3v) is 4.63.